The Kier molecular flexibility index (Phi) is 10.1. The lowest BCUT2D eigenvalue weighted by Gasteiger charge is -2.46. The van der Waals surface area contributed by atoms with Gasteiger partial charge >= 0.3 is 0 Å². The quantitative estimate of drug-likeness (QED) is 0.107. The van der Waals surface area contributed by atoms with Crippen LogP contribution >= 0.6 is 0 Å². The zero-order valence-electron chi connectivity index (χ0n) is 54.1. The van der Waals surface area contributed by atoms with Gasteiger partial charge in [-0.15, -0.1) is 0 Å². The maximum atomic E-state index is 10.4. The van der Waals surface area contributed by atoms with E-state index in [4.69, 9.17) is 9.31 Å². The Balaban J connectivity index is 1.15. The van der Waals surface area contributed by atoms with E-state index in [9.17, 15) is 13.5 Å². The number of nitrogens with zero attached hydrogens (tertiary/aromatic N) is 5. The standard InChI is InChI=1S/C80H50BN5/c1-83-62-33-19-32-59(47-62)61-43-45-75-71(49-61)81-70-48-60(58-31-18-22-53(46-58)52-82)42-44-74(70)85(79-64(54-23-6-2-7-24-54)36-20-37-65(79)55-25-8-3-9-26-55)76-50-63(84-72-40-16-14-34-68(72)69-35-15-17-41-73(69)84)51-77(78(76)81)86(75)80-66(56-27-10-4-11-28-56)38-21-39-67(80)57-29-12-5-13-30-57/h2-51H/i14D,15D,16D,17D,34D,35D,40D,41D. The number of para-hydroxylation sites is 4. The molecule has 0 unspecified atom stereocenters. The van der Waals surface area contributed by atoms with Gasteiger partial charge in [0.25, 0.3) is 6.71 Å². The molecule has 5 nitrogen and oxygen atoms in total. The smallest absolute Gasteiger partial charge is 0.252 e. The molecule has 13 aromatic carbocycles. The predicted octanol–water partition coefficient (Wildman–Crippen LogP) is 19.3. The minimum atomic E-state index is -0.597. The summed E-state index contributed by atoms with van der Waals surface area (Å²) in [5.41, 5.74) is 19.4. The van der Waals surface area contributed by atoms with Crippen LogP contribution in [0.25, 0.3) is 99.1 Å². The molecule has 0 fully saturated rings. The van der Waals surface area contributed by atoms with Gasteiger partial charge in [-0.3, -0.25) is 0 Å². The second-order valence-corrected chi connectivity index (χ2v) is 21.6. The monoisotopic (exact) mass is 1100 g/mol. The molecule has 0 bridgehead atoms. The summed E-state index contributed by atoms with van der Waals surface area (Å²) in [6, 6.07) is 84.6. The van der Waals surface area contributed by atoms with E-state index < -0.39 is 55.1 Å². The van der Waals surface area contributed by atoms with Crippen LogP contribution in [0, 0.1) is 17.9 Å². The van der Waals surface area contributed by atoms with E-state index in [2.05, 4.69) is 142 Å². The van der Waals surface area contributed by atoms with Crippen molar-refractivity contribution in [2.24, 2.45) is 0 Å². The second-order valence-electron chi connectivity index (χ2n) is 21.6. The van der Waals surface area contributed by atoms with Crippen molar-refractivity contribution in [2.75, 3.05) is 9.80 Å². The molecule has 0 N–H and O–H groups in total. The summed E-state index contributed by atoms with van der Waals surface area (Å²) in [5, 5.41) is 10.3. The first-order valence-corrected chi connectivity index (χ1v) is 28.5. The number of anilines is 6. The van der Waals surface area contributed by atoms with Gasteiger partial charge in [0.1, 0.15) is 0 Å². The van der Waals surface area contributed by atoms with Gasteiger partial charge in [-0.2, -0.15) is 5.26 Å². The molecule has 2 aliphatic rings. The molecule has 0 atom stereocenters. The SMILES string of the molecule is [2H]c1c([2H])c([2H])c2c(c1[2H])c1c([2H])c([2H])c([2H])c([2H])c1n2-c1cc2c3c(c1)N(c1c(-c4ccccc4)cccc1-c1ccccc1)c1ccc(-c4cccc([N+]#[C-])c4)cc1B3c1cc(-c3cccc(C#N)c3)ccc1N2c1c(-c2ccccc2)cccc1-c1ccccc1. The number of hydrogen-bond acceptors (Lipinski definition) is 3. The molecule has 16 rings (SSSR count). The number of benzene rings is 13. The van der Waals surface area contributed by atoms with E-state index in [1.165, 1.54) is 0 Å². The Morgan fingerprint density at radius 2 is 0.779 bits per heavy atom. The number of aromatic nitrogens is 1. The van der Waals surface area contributed by atoms with E-state index in [0.717, 1.165) is 106 Å². The Labute approximate surface area is 511 Å². The molecule has 0 spiro atoms. The van der Waals surface area contributed by atoms with E-state index in [1.54, 1.807) is 10.6 Å². The molecule has 86 heavy (non-hydrogen) atoms. The maximum absolute atomic E-state index is 10.4. The molecule has 0 saturated carbocycles. The average molecular weight is 1100 g/mol. The summed E-state index contributed by atoms with van der Waals surface area (Å²) in [6.45, 7) is 7.52. The van der Waals surface area contributed by atoms with Crippen LogP contribution < -0.4 is 26.2 Å². The molecule has 0 aliphatic carbocycles. The molecule has 1 aromatic heterocycles. The first-order valence-electron chi connectivity index (χ1n) is 32.5. The van der Waals surface area contributed by atoms with Crippen molar-refractivity contribution in [1.82, 2.24) is 4.57 Å². The van der Waals surface area contributed by atoms with Crippen molar-refractivity contribution in [2.45, 2.75) is 0 Å². The first kappa shape index (κ1) is 42.2. The van der Waals surface area contributed by atoms with Gasteiger partial charge in [0.15, 0.2) is 5.69 Å². The molecule has 14 aromatic rings. The number of hydrogen-bond donors (Lipinski definition) is 0. The van der Waals surface area contributed by atoms with Crippen molar-refractivity contribution >= 4 is 84.7 Å². The van der Waals surface area contributed by atoms with Gasteiger partial charge in [-0.25, -0.2) is 4.85 Å². The topological polar surface area (TPSA) is 39.6 Å². The fraction of sp³-hybridized carbons (Fsp3) is 0. The van der Waals surface area contributed by atoms with Crippen LogP contribution in [0.3, 0.4) is 0 Å². The molecule has 0 amide bonds. The molecule has 3 heterocycles. The summed E-state index contributed by atoms with van der Waals surface area (Å²) >= 11 is 0. The zero-order valence-corrected chi connectivity index (χ0v) is 46.1. The molecule has 6 heteroatoms. The molecule has 0 radical (unpaired) electrons. The van der Waals surface area contributed by atoms with E-state index in [1.807, 2.05) is 127 Å². The predicted molar refractivity (Wildman–Crippen MR) is 358 cm³/mol. The van der Waals surface area contributed by atoms with E-state index >= 15 is 0 Å². The highest BCUT2D eigenvalue weighted by Gasteiger charge is 2.46. The molecule has 2 aliphatic heterocycles. The summed E-state index contributed by atoms with van der Waals surface area (Å²) in [6.07, 6.45) is 0. The molecule has 398 valence electrons. The highest BCUT2D eigenvalue weighted by molar-refractivity contribution is 7.00. The molecular weight excluding hydrogens is 1040 g/mol. The second kappa shape index (κ2) is 20.6. The zero-order chi connectivity index (χ0) is 64.2. The van der Waals surface area contributed by atoms with Gasteiger partial charge in [-0.1, -0.05) is 249 Å². The maximum Gasteiger partial charge on any atom is 0.252 e. The number of rotatable bonds is 9. The summed E-state index contributed by atoms with van der Waals surface area (Å²) < 4.78 is 77.5. The van der Waals surface area contributed by atoms with Crippen LogP contribution in [0.4, 0.5) is 39.8 Å². The average Bonchev–Trinajstić information content (AvgIpc) is 1.05. The number of fused-ring (bicyclic) bond motifs is 7. The largest absolute Gasteiger partial charge is 0.310 e. The van der Waals surface area contributed by atoms with Gasteiger partial charge in [-0.05, 0) is 115 Å². The third kappa shape index (κ3) is 8.16. The Hall–Kier alpha value is -11.7. The van der Waals surface area contributed by atoms with Crippen LogP contribution in [0.1, 0.15) is 16.5 Å². The Morgan fingerprint density at radius 1 is 0.384 bits per heavy atom. The highest BCUT2D eigenvalue weighted by Crippen LogP contribution is 2.54. The fourth-order valence-electron chi connectivity index (χ4n) is 13.1. The van der Waals surface area contributed by atoms with Crippen molar-refractivity contribution < 1.29 is 11.0 Å². The third-order valence-electron chi connectivity index (χ3n) is 16.8. The van der Waals surface area contributed by atoms with Crippen molar-refractivity contribution in [3.05, 3.63) is 320 Å². The van der Waals surface area contributed by atoms with Gasteiger partial charge in [0.05, 0.1) is 57.3 Å². The van der Waals surface area contributed by atoms with Gasteiger partial charge < -0.3 is 14.4 Å². The number of nitriles is 1. The Morgan fingerprint density at radius 3 is 1.22 bits per heavy atom. The third-order valence-corrected chi connectivity index (χ3v) is 16.8. The first-order chi connectivity index (χ1) is 45.9. The Bertz CT molecular complexity index is 5140. The minimum Gasteiger partial charge on any atom is -0.310 e. The lowest BCUT2D eigenvalue weighted by atomic mass is 9.33. The van der Waals surface area contributed by atoms with Crippen LogP contribution in [0.5, 0.6) is 0 Å². The molecule has 0 saturated heterocycles. The normalized spacial score (nSPS) is 13.4. The summed E-state index contributed by atoms with van der Waals surface area (Å²) in [7, 11) is 0. The van der Waals surface area contributed by atoms with Gasteiger partial charge in [0.2, 0.25) is 0 Å². The van der Waals surface area contributed by atoms with Crippen molar-refractivity contribution in [3.8, 4) is 78.5 Å². The molecular formula is C80H50BN5. The lowest BCUT2D eigenvalue weighted by Crippen LogP contribution is -2.61. The van der Waals surface area contributed by atoms with E-state index in [-0.39, 0.29) is 21.8 Å². The van der Waals surface area contributed by atoms with Crippen LogP contribution in [-0.4, -0.2) is 11.3 Å². The highest BCUT2D eigenvalue weighted by atomic mass is 15.2. The van der Waals surface area contributed by atoms with Crippen LogP contribution in [-0.2, 0) is 0 Å². The van der Waals surface area contributed by atoms with Gasteiger partial charge in [0, 0.05) is 55.8 Å². The minimum absolute atomic E-state index is 0.0120. The van der Waals surface area contributed by atoms with Crippen LogP contribution in [0.15, 0.2) is 303 Å². The van der Waals surface area contributed by atoms with Crippen molar-refractivity contribution in [3.63, 3.8) is 0 Å². The summed E-state index contributed by atoms with van der Waals surface area (Å²) in [5.74, 6) is 0. The lowest BCUT2D eigenvalue weighted by molar-refractivity contribution is 1.16. The fourth-order valence-corrected chi connectivity index (χ4v) is 13.1. The summed E-state index contributed by atoms with van der Waals surface area (Å²) in [4.78, 5) is 8.51. The van der Waals surface area contributed by atoms with Crippen molar-refractivity contribution in [1.29, 1.82) is 5.26 Å². The van der Waals surface area contributed by atoms with E-state index in [0.29, 0.717) is 28.3 Å². The van der Waals surface area contributed by atoms with Crippen LogP contribution in [0.2, 0.25) is 0 Å².